The van der Waals surface area contributed by atoms with Gasteiger partial charge >= 0.3 is 0 Å². The van der Waals surface area contributed by atoms with Crippen LogP contribution in [0.1, 0.15) is 19.0 Å². The molecule has 0 saturated heterocycles. The largest absolute Gasteiger partial charge is 0.478 e. The van der Waals surface area contributed by atoms with Crippen LogP contribution in [-0.4, -0.2) is 36.2 Å². The van der Waals surface area contributed by atoms with Crippen LogP contribution in [0.5, 0.6) is 5.88 Å². The van der Waals surface area contributed by atoms with Crippen molar-refractivity contribution in [1.29, 1.82) is 0 Å². The molecule has 0 bridgehead atoms. The quantitative estimate of drug-likeness (QED) is 0.774. The van der Waals surface area contributed by atoms with Gasteiger partial charge in [0.05, 0.1) is 6.61 Å². The van der Waals surface area contributed by atoms with E-state index in [4.69, 9.17) is 4.74 Å². The Morgan fingerprint density at radius 2 is 2.33 bits per heavy atom. The number of hydrogen-bond acceptors (Lipinski definition) is 5. The first kappa shape index (κ1) is 12.8. The van der Waals surface area contributed by atoms with Crippen molar-refractivity contribution in [3.63, 3.8) is 0 Å². The molecule has 2 N–H and O–H groups in total. The number of rotatable bonds is 5. The highest BCUT2D eigenvalue weighted by Gasteiger charge is 2.05. The minimum Gasteiger partial charge on any atom is -0.478 e. The van der Waals surface area contributed by atoms with E-state index >= 15 is 0 Å². The lowest BCUT2D eigenvalue weighted by atomic mass is 10.1. The molecule has 0 amide bonds. The highest BCUT2D eigenvalue weighted by Crippen LogP contribution is 2.13. The van der Waals surface area contributed by atoms with Crippen molar-refractivity contribution in [2.45, 2.75) is 20.3 Å². The third-order valence-corrected chi connectivity index (χ3v) is 2.75. The van der Waals surface area contributed by atoms with Gasteiger partial charge in [-0.1, -0.05) is 11.6 Å². The minimum atomic E-state index is 0.618. The van der Waals surface area contributed by atoms with Crippen LogP contribution >= 0.6 is 0 Å². The molecule has 98 valence electrons. The normalized spacial score (nSPS) is 15.1. The predicted octanol–water partition coefficient (Wildman–Crippen LogP) is 1.52. The molecule has 5 heteroatoms. The number of nitrogens with zero attached hydrogens (tertiary/aromatic N) is 2. The first-order valence-electron chi connectivity index (χ1n) is 6.39. The molecule has 0 saturated carbocycles. The van der Waals surface area contributed by atoms with Gasteiger partial charge in [-0.15, -0.1) is 0 Å². The van der Waals surface area contributed by atoms with Crippen LogP contribution in [0.3, 0.4) is 0 Å². The van der Waals surface area contributed by atoms with E-state index in [1.807, 2.05) is 19.9 Å². The Kier molecular flexibility index (Phi) is 4.52. The van der Waals surface area contributed by atoms with Gasteiger partial charge in [0.25, 0.3) is 0 Å². The Labute approximate surface area is 108 Å². The Hall–Kier alpha value is -1.62. The SMILES string of the molecule is CCOc1cc(C)nc(NCC2=CCNCC2)n1. The zero-order chi connectivity index (χ0) is 12.8. The molecular weight excluding hydrogens is 228 g/mol. The first-order chi connectivity index (χ1) is 8.78. The molecule has 2 heterocycles. The van der Waals surface area contributed by atoms with E-state index < -0.39 is 0 Å². The smallest absolute Gasteiger partial charge is 0.226 e. The van der Waals surface area contributed by atoms with Crippen molar-refractivity contribution in [2.75, 3.05) is 31.6 Å². The first-order valence-corrected chi connectivity index (χ1v) is 6.39. The number of nitrogens with one attached hydrogen (secondary N) is 2. The standard InChI is InChI=1S/C13H20N4O/c1-3-18-12-8-10(2)16-13(17-12)15-9-11-4-6-14-7-5-11/h4,8,14H,3,5-7,9H2,1-2H3,(H,15,16,17). The van der Waals surface area contributed by atoms with Gasteiger partial charge in [0, 0.05) is 24.8 Å². The molecule has 0 radical (unpaired) electrons. The fourth-order valence-electron chi connectivity index (χ4n) is 1.86. The summed E-state index contributed by atoms with van der Waals surface area (Å²) in [6.45, 7) is 7.31. The van der Waals surface area contributed by atoms with Crippen molar-refractivity contribution in [1.82, 2.24) is 15.3 Å². The van der Waals surface area contributed by atoms with E-state index in [2.05, 4.69) is 26.7 Å². The van der Waals surface area contributed by atoms with Crippen molar-refractivity contribution < 1.29 is 4.74 Å². The summed E-state index contributed by atoms with van der Waals surface area (Å²) >= 11 is 0. The minimum absolute atomic E-state index is 0.618. The predicted molar refractivity (Wildman–Crippen MR) is 72.0 cm³/mol. The van der Waals surface area contributed by atoms with Crippen LogP contribution in [-0.2, 0) is 0 Å². The van der Waals surface area contributed by atoms with Crippen molar-refractivity contribution in [3.8, 4) is 5.88 Å². The average molecular weight is 248 g/mol. The molecule has 0 atom stereocenters. The summed E-state index contributed by atoms with van der Waals surface area (Å²) in [6, 6.07) is 1.85. The third-order valence-electron chi connectivity index (χ3n) is 2.75. The molecule has 1 aliphatic heterocycles. The summed E-state index contributed by atoms with van der Waals surface area (Å²) < 4.78 is 5.40. The summed E-state index contributed by atoms with van der Waals surface area (Å²) in [7, 11) is 0. The lowest BCUT2D eigenvalue weighted by Gasteiger charge is -2.15. The molecule has 0 unspecified atom stereocenters. The van der Waals surface area contributed by atoms with Crippen molar-refractivity contribution in [3.05, 3.63) is 23.4 Å². The number of aromatic nitrogens is 2. The second-order valence-electron chi connectivity index (χ2n) is 4.27. The Balaban J connectivity index is 1.97. The molecule has 1 aromatic heterocycles. The van der Waals surface area contributed by atoms with E-state index in [1.165, 1.54) is 5.57 Å². The number of hydrogen-bond donors (Lipinski definition) is 2. The molecule has 18 heavy (non-hydrogen) atoms. The van der Waals surface area contributed by atoms with Crippen LogP contribution in [0.15, 0.2) is 17.7 Å². The molecule has 1 aromatic rings. The van der Waals surface area contributed by atoms with Crippen LogP contribution in [0, 0.1) is 6.92 Å². The maximum Gasteiger partial charge on any atom is 0.226 e. The number of anilines is 1. The van der Waals surface area contributed by atoms with Crippen LogP contribution in [0.4, 0.5) is 5.95 Å². The zero-order valence-corrected chi connectivity index (χ0v) is 11.0. The fraction of sp³-hybridized carbons (Fsp3) is 0.538. The lowest BCUT2D eigenvalue weighted by Crippen LogP contribution is -2.23. The van der Waals surface area contributed by atoms with Crippen LogP contribution < -0.4 is 15.4 Å². The maximum absolute atomic E-state index is 5.40. The van der Waals surface area contributed by atoms with Crippen LogP contribution in [0.2, 0.25) is 0 Å². The Morgan fingerprint density at radius 1 is 1.44 bits per heavy atom. The molecule has 0 fully saturated rings. The molecule has 0 spiro atoms. The molecule has 1 aliphatic rings. The summed E-state index contributed by atoms with van der Waals surface area (Å²) in [5.74, 6) is 1.27. The van der Waals surface area contributed by atoms with Crippen molar-refractivity contribution >= 4 is 5.95 Å². The Bertz CT molecular complexity index is 431. The summed E-state index contributed by atoms with van der Waals surface area (Å²) in [5, 5.41) is 6.55. The van der Waals surface area contributed by atoms with E-state index in [0.29, 0.717) is 18.4 Å². The second-order valence-corrected chi connectivity index (χ2v) is 4.27. The van der Waals surface area contributed by atoms with Crippen molar-refractivity contribution in [2.24, 2.45) is 0 Å². The average Bonchev–Trinajstić information content (AvgIpc) is 2.37. The molecule has 5 nitrogen and oxygen atoms in total. The third kappa shape index (κ3) is 3.70. The fourth-order valence-corrected chi connectivity index (χ4v) is 1.86. The summed E-state index contributed by atoms with van der Waals surface area (Å²) in [5.41, 5.74) is 2.31. The Morgan fingerprint density at radius 3 is 3.06 bits per heavy atom. The van der Waals surface area contributed by atoms with Gasteiger partial charge in [0.15, 0.2) is 0 Å². The molecule has 0 aliphatic carbocycles. The van der Waals surface area contributed by atoms with Gasteiger partial charge in [-0.3, -0.25) is 0 Å². The van der Waals surface area contributed by atoms with E-state index in [0.717, 1.165) is 31.7 Å². The lowest BCUT2D eigenvalue weighted by molar-refractivity contribution is 0.326. The number of aryl methyl sites for hydroxylation is 1. The van der Waals surface area contributed by atoms with E-state index in [9.17, 15) is 0 Å². The van der Waals surface area contributed by atoms with Gasteiger partial charge < -0.3 is 15.4 Å². The molecule has 2 rings (SSSR count). The maximum atomic E-state index is 5.40. The zero-order valence-electron chi connectivity index (χ0n) is 11.0. The highest BCUT2D eigenvalue weighted by atomic mass is 16.5. The monoisotopic (exact) mass is 248 g/mol. The van der Waals surface area contributed by atoms with Crippen LogP contribution in [0.25, 0.3) is 0 Å². The van der Waals surface area contributed by atoms with Gasteiger partial charge in [-0.05, 0) is 26.8 Å². The van der Waals surface area contributed by atoms with Gasteiger partial charge in [0.1, 0.15) is 0 Å². The van der Waals surface area contributed by atoms with Gasteiger partial charge in [0.2, 0.25) is 11.8 Å². The number of ether oxygens (including phenoxy) is 1. The van der Waals surface area contributed by atoms with Gasteiger partial charge in [-0.25, -0.2) is 4.98 Å². The highest BCUT2D eigenvalue weighted by molar-refractivity contribution is 5.32. The van der Waals surface area contributed by atoms with Gasteiger partial charge in [-0.2, -0.15) is 4.98 Å². The van der Waals surface area contributed by atoms with E-state index in [1.54, 1.807) is 0 Å². The second kappa shape index (κ2) is 6.35. The molecular formula is C13H20N4O. The summed E-state index contributed by atoms with van der Waals surface area (Å²) in [4.78, 5) is 8.68. The van der Waals surface area contributed by atoms with E-state index in [-0.39, 0.29) is 0 Å². The summed E-state index contributed by atoms with van der Waals surface area (Å²) in [6.07, 6.45) is 3.30. The topological polar surface area (TPSA) is 59.1 Å². The molecule has 0 aromatic carbocycles.